The Kier molecular flexibility index (Phi) is 3.33. The molecule has 0 nitrogen and oxygen atoms in total. The Hall–Kier alpha value is -2.08. The highest BCUT2D eigenvalue weighted by molar-refractivity contribution is 5.79. The first-order valence-electron chi connectivity index (χ1n) is 7.56. The van der Waals surface area contributed by atoms with Crippen LogP contribution in [0.2, 0.25) is 0 Å². The molecular formula is C21H22. The van der Waals surface area contributed by atoms with Gasteiger partial charge in [-0.15, -0.1) is 6.58 Å². The Labute approximate surface area is 127 Å². The summed E-state index contributed by atoms with van der Waals surface area (Å²) >= 11 is 0. The smallest absolute Gasteiger partial charge is 0.0245 e. The molecule has 0 saturated heterocycles. The van der Waals surface area contributed by atoms with Crippen LogP contribution in [0.4, 0.5) is 0 Å². The molecule has 0 heteroatoms. The lowest BCUT2D eigenvalue weighted by Crippen LogP contribution is -2.29. The molecule has 106 valence electrons. The number of allylic oxidation sites excluding steroid dienone is 3. The second-order valence-electron chi connectivity index (χ2n) is 6.12. The van der Waals surface area contributed by atoms with E-state index in [9.17, 15) is 0 Å². The van der Waals surface area contributed by atoms with Gasteiger partial charge in [0, 0.05) is 11.3 Å². The Balaban J connectivity index is 2.22. The average Bonchev–Trinajstić information content (AvgIpc) is 2.72. The van der Waals surface area contributed by atoms with Crippen molar-refractivity contribution in [2.75, 3.05) is 0 Å². The van der Waals surface area contributed by atoms with Gasteiger partial charge < -0.3 is 0 Å². The number of fused-ring (bicyclic) bond motifs is 1. The standard InChI is InChI=1S/C21H22/c1-5-19(17-11-7-6-8-12-17)21(4)16(3)15(2)18-13-9-10-14-20(18)21/h5-14,19H,1H2,2-4H3/t19-,21-/m0/s1. The topological polar surface area (TPSA) is 0 Å². The minimum absolute atomic E-state index is 0.0101. The van der Waals surface area contributed by atoms with Crippen LogP contribution < -0.4 is 0 Å². The summed E-state index contributed by atoms with van der Waals surface area (Å²) < 4.78 is 0. The monoisotopic (exact) mass is 274 g/mol. The normalized spacial score (nSPS) is 22.0. The quantitative estimate of drug-likeness (QED) is 0.628. The zero-order chi connectivity index (χ0) is 15.0. The van der Waals surface area contributed by atoms with Crippen molar-refractivity contribution in [3.05, 3.63) is 89.5 Å². The molecule has 0 saturated carbocycles. The lowest BCUT2D eigenvalue weighted by atomic mass is 9.67. The van der Waals surface area contributed by atoms with Crippen molar-refractivity contribution in [1.29, 1.82) is 0 Å². The summed E-state index contributed by atoms with van der Waals surface area (Å²) in [4.78, 5) is 0. The number of hydrogen-bond donors (Lipinski definition) is 0. The minimum atomic E-state index is -0.0101. The second kappa shape index (κ2) is 5.04. The molecule has 3 rings (SSSR count). The summed E-state index contributed by atoms with van der Waals surface area (Å²) in [5, 5.41) is 0. The van der Waals surface area contributed by atoms with Crippen LogP contribution in [0.15, 0.2) is 72.8 Å². The van der Waals surface area contributed by atoms with Crippen LogP contribution in [-0.2, 0) is 5.41 Å². The summed E-state index contributed by atoms with van der Waals surface area (Å²) in [6.45, 7) is 11.0. The van der Waals surface area contributed by atoms with Crippen LogP contribution in [0, 0.1) is 0 Å². The van der Waals surface area contributed by atoms with Gasteiger partial charge in [-0.25, -0.2) is 0 Å². The molecule has 0 N–H and O–H groups in total. The molecular weight excluding hydrogens is 252 g/mol. The first-order valence-corrected chi connectivity index (χ1v) is 7.56. The fourth-order valence-corrected chi connectivity index (χ4v) is 3.82. The maximum atomic E-state index is 4.14. The summed E-state index contributed by atoms with van der Waals surface area (Å²) in [6, 6.07) is 19.5. The lowest BCUT2D eigenvalue weighted by molar-refractivity contribution is 0.509. The second-order valence-corrected chi connectivity index (χ2v) is 6.12. The van der Waals surface area contributed by atoms with E-state index in [1.165, 1.54) is 27.8 Å². The predicted octanol–water partition coefficient (Wildman–Crippen LogP) is 5.72. The third kappa shape index (κ3) is 1.90. The van der Waals surface area contributed by atoms with Crippen LogP contribution in [0.3, 0.4) is 0 Å². The fraction of sp³-hybridized carbons (Fsp3) is 0.238. The van der Waals surface area contributed by atoms with E-state index in [4.69, 9.17) is 0 Å². The lowest BCUT2D eigenvalue weighted by Gasteiger charge is -2.36. The van der Waals surface area contributed by atoms with E-state index < -0.39 is 0 Å². The molecule has 1 aliphatic rings. The van der Waals surface area contributed by atoms with Gasteiger partial charge in [0.25, 0.3) is 0 Å². The van der Waals surface area contributed by atoms with E-state index >= 15 is 0 Å². The molecule has 2 atom stereocenters. The van der Waals surface area contributed by atoms with Gasteiger partial charge in [0.1, 0.15) is 0 Å². The van der Waals surface area contributed by atoms with Crippen molar-refractivity contribution >= 4 is 5.57 Å². The summed E-state index contributed by atoms with van der Waals surface area (Å²) in [7, 11) is 0. The fourth-order valence-electron chi connectivity index (χ4n) is 3.82. The SMILES string of the molecule is C=C[C@@H](c1ccccc1)[C@]1(C)C(C)=C(C)c2ccccc21. The summed E-state index contributed by atoms with van der Waals surface area (Å²) in [6.07, 6.45) is 2.11. The first kappa shape index (κ1) is 13.9. The van der Waals surface area contributed by atoms with E-state index in [0.29, 0.717) is 0 Å². The van der Waals surface area contributed by atoms with Crippen molar-refractivity contribution in [2.45, 2.75) is 32.1 Å². The van der Waals surface area contributed by atoms with Gasteiger partial charge in [-0.2, -0.15) is 0 Å². The summed E-state index contributed by atoms with van der Waals surface area (Å²) in [5.74, 6) is 0.289. The van der Waals surface area contributed by atoms with Crippen LogP contribution >= 0.6 is 0 Å². The van der Waals surface area contributed by atoms with Crippen molar-refractivity contribution in [1.82, 2.24) is 0 Å². The molecule has 0 spiro atoms. The molecule has 1 aliphatic carbocycles. The highest BCUT2D eigenvalue weighted by Crippen LogP contribution is 2.53. The van der Waals surface area contributed by atoms with E-state index in [2.05, 4.69) is 88.0 Å². The molecule has 0 heterocycles. The Morgan fingerprint density at radius 3 is 2.24 bits per heavy atom. The van der Waals surface area contributed by atoms with Crippen molar-refractivity contribution < 1.29 is 0 Å². The van der Waals surface area contributed by atoms with E-state index in [1.807, 2.05) is 0 Å². The maximum Gasteiger partial charge on any atom is 0.0245 e. The molecule has 0 amide bonds. The number of rotatable bonds is 3. The molecule has 2 aromatic rings. The highest BCUT2D eigenvalue weighted by atomic mass is 14.5. The highest BCUT2D eigenvalue weighted by Gasteiger charge is 2.43. The van der Waals surface area contributed by atoms with Crippen LogP contribution in [0.1, 0.15) is 43.4 Å². The van der Waals surface area contributed by atoms with Gasteiger partial charge in [-0.05, 0) is 36.1 Å². The average molecular weight is 274 g/mol. The third-order valence-corrected chi connectivity index (χ3v) is 5.25. The number of hydrogen-bond acceptors (Lipinski definition) is 0. The van der Waals surface area contributed by atoms with E-state index in [-0.39, 0.29) is 11.3 Å². The van der Waals surface area contributed by atoms with Crippen LogP contribution in [0.25, 0.3) is 5.57 Å². The zero-order valence-corrected chi connectivity index (χ0v) is 13.1. The molecule has 2 aromatic carbocycles. The predicted molar refractivity (Wildman–Crippen MR) is 91.4 cm³/mol. The van der Waals surface area contributed by atoms with Crippen LogP contribution in [-0.4, -0.2) is 0 Å². The third-order valence-electron chi connectivity index (χ3n) is 5.25. The molecule has 0 aliphatic heterocycles. The van der Waals surface area contributed by atoms with Gasteiger partial charge >= 0.3 is 0 Å². The zero-order valence-electron chi connectivity index (χ0n) is 13.1. The van der Waals surface area contributed by atoms with Gasteiger partial charge in [0.2, 0.25) is 0 Å². The van der Waals surface area contributed by atoms with Crippen molar-refractivity contribution in [3.63, 3.8) is 0 Å². The first-order chi connectivity index (χ1) is 10.1. The Bertz CT molecular complexity index is 706. The van der Waals surface area contributed by atoms with Crippen molar-refractivity contribution in [3.8, 4) is 0 Å². The van der Waals surface area contributed by atoms with E-state index in [0.717, 1.165) is 0 Å². The molecule has 0 bridgehead atoms. The Morgan fingerprint density at radius 2 is 1.57 bits per heavy atom. The Morgan fingerprint density at radius 1 is 0.952 bits per heavy atom. The van der Waals surface area contributed by atoms with Crippen LogP contribution in [0.5, 0.6) is 0 Å². The molecule has 0 unspecified atom stereocenters. The number of benzene rings is 2. The van der Waals surface area contributed by atoms with Crippen molar-refractivity contribution in [2.24, 2.45) is 0 Å². The molecule has 0 fully saturated rings. The molecule has 0 radical (unpaired) electrons. The molecule has 21 heavy (non-hydrogen) atoms. The molecule has 0 aromatic heterocycles. The van der Waals surface area contributed by atoms with Gasteiger partial charge in [-0.3, -0.25) is 0 Å². The minimum Gasteiger partial charge on any atom is -0.102 e. The maximum absolute atomic E-state index is 4.14. The van der Waals surface area contributed by atoms with Gasteiger partial charge in [-0.1, -0.05) is 73.2 Å². The van der Waals surface area contributed by atoms with Gasteiger partial charge in [0.05, 0.1) is 0 Å². The summed E-state index contributed by atoms with van der Waals surface area (Å²) in [5.41, 5.74) is 7.00. The van der Waals surface area contributed by atoms with Gasteiger partial charge in [0.15, 0.2) is 0 Å². The van der Waals surface area contributed by atoms with E-state index in [1.54, 1.807) is 0 Å². The largest absolute Gasteiger partial charge is 0.102 e.